The second-order valence-corrected chi connectivity index (χ2v) is 8.85. The van der Waals surface area contributed by atoms with E-state index in [4.69, 9.17) is 9.47 Å². The highest BCUT2D eigenvalue weighted by atomic mass is 16.5. The molecule has 36 heavy (non-hydrogen) atoms. The van der Waals surface area contributed by atoms with E-state index < -0.39 is 0 Å². The average molecular weight is 478 g/mol. The van der Waals surface area contributed by atoms with Crippen LogP contribution >= 0.6 is 0 Å². The van der Waals surface area contributed by atoms with Crippen LogP contribution < -0.4 is 14.4 Å². The number of aliphatic hydroxyl groups is 1. The van der Waals surface area contributed by atoms with Crippen molar-refractivity contribution in [1.29, 1.82) is 5.26 Å². The summed E-state index contributed by atoms with van der Waals surface area (Å²) in [6, 6.07) is 31.7. The number of nitriles is 1. The maximum absolute atomic E-state index is 9.94. The van der Waals surface area contributed by atoms with Gasteiger partial charge in [-0.2, -0.15) is 10.2 Å². The Kier molecular flexibility index (Phi) is 7.11. The van der Waals surface area contributed by atoms with Gasteiger partial charge in [0.1, 0.15) is 13.2 Å². The van der Waals surface area contributed by atoms with Gasteiger partial charge in [-0.1, -0.05) is 66.7 Å². The highest BCUT2D eigenvalue weighted by Gasteiger charge is 2.27. The third-order valence-corrected chi connectivity index (χ3v) is 6.28. The Morgan fingerprint density at radius 3 is 2.11 bits per heavy atom. The zero-order valence-corrected chi connectivity index (χ0v) is 19.9. The number of hydrogen-bond donors (Lipinski definition) is 1. The third-order valence-electron chi connectivity index (χ3n) is 6.28. The Bertz CT molecular complexity index is 1350. The summed E-state index contributed by atoms with van der Waals surface area (Å²) in [5, 5.41) is 19.3. The van der Waals surface area contributed by atoms with E-state index in [1.165, 1.54) is 0 Å². The lowest BCUT2D eigenvalue weighted by Crippen LogP contribution is -2.48. The van der Waals surface area contributed by atoms with Crippen LogP contribution in [0.2, 0.25) is 0 Å². The molecule has 4 aromatic rings. The van der Waals surface area contributed by atoms with E-state index in [0.717, 1.165) is 41.0 Å². The molecule has 0 unspecified atom stereocenters. The van der Waals surface area contributed by atoms with E-state index in [9.17, 15) is 10.4 Å². The van der Waals surface area contributed by atoms with E-state index >= 15 is 0 Å². The fourth-order valence-corrected chi connectivity index (χ4v) is 4.23. The minimum absolute atomic E-state index is 0.187. The minimum atomic E-state index is 0.187. The summed E-state index contributed by atoms with van der Waals surface area (Å²) in [4.78, 5) is 6.83. The lowest BCUT2D eigenvalue weighted by atomic mass is 9.96. The van der Waals surface area contributed by atoms with Gasteiger partial charge in [0.15, 0.2) is 0 Å². The Balaban J connectivity index is 1.43. The van der Waals surface area contributed by atoms with Crippen LogP contribution in [0.5, 0.6) is 11.8 Å². The molecule has 0 aliphatic carbocycles. The number of benzene rings is 3. The molecule has 1 aromatic heterocycles. The highest BCUT2D eigenvalue weighted by molar-refractivity contribution is 5.77. The van der Waals surface area contributed by atoms with Crippen LogP contribution in [0.3, 0.4) is 0 Å². The van der Waals surface area contributed by atoms with Crippen LogP contribution in [-0.4, -0.2) is 29.8 Å². The molecular weight excluding hydrogens is 450 g/mol. The molecule has 1 aliphatic rings. The van der Waals surface area contributed by atoms with Crippen LogP contribution in [0, 0.1) is 17.2 Å². The molecule has 5 rings (SSSR count). The number of pyridine rings is 1. The van der Waals surface area contributed by atoms with Crippen molar-refractivity contribution in [3.63, 3.8) is 0 Å². The van der Waals surface area contributed by atoms with Crippen molar-refractivity contribution in [2.45, 2.75) is 13.2 Å². The van der Waals surface area contributed by atoms with Crippen molar-refractivity contribution in [2.24, 2.45) is 5.92 Å². The molecule has 1 fully saturated rings. The molecule has 6 heteroatoms. The van der Waals surface area contributed by atoms with Crippen LogP contribution in [0.15, 0.2) is 91.0 Å². The second kappa shape index (κ2) is 10.9. The van der Waals surface area contributed by atoms with Gasteiger partial charge in [-0.25, -0.2) is 0 Å². The number of hydrogen-bond acceptors (Lipinski definition) is 6. The van der Waals surface area contributed by atoms with Gasteiger partial charge in [0, 0.05) is 48.5 Å². The molecule has 1 N–H and O–H groups in total. The minimum Gasteiger partial charge on any atom is -0.473 e. The smallest absolute Gasteiger partial charge is 0.225 e. The van der Waals surface area contributed by atoms with Gasteiger partial charge < -0.3 is 19.5 Å². The van der Waals surface area contributed by atoms with Gasteiger partial charge in [0.25, 0.3) is 0 Å². The monoisotopic (exact) mass is 477 g/mol. The number of aromatic nitrogens is 1. The molecule has 0 atom stereocenters. The van der Waals surface area contributed by atoms with E-state index in [1.807, 2.05) is 91.0 Å². The van der Waals surface area contributed by atoms with Gasteiger partial charge in [0.2, 0.25) is 11.8 Å². The summed E-state index contributed by atoms with van der Waals surface area (Å²) in [5.74, 6) is 1.16. The Labute approximate surface area is 211 Å². The summed E-state index contributed by atoms with van der Waals surface area (Å²) in [5.41, 5.74) is 5.08. The molecule has 0 amide bonds. The Hall–Kier alpha value is -4.34. The third kappa shape index (κ3) is 5.32. The van der Waals surface area contributed by atoms with Gasteiger partial charge in [-0.05, 0) is 29.3 Å². The van der Waals surface area contributed by atoms with Crippen molar-refractivity contribution >= 4 is 5.69 Å². The van der Waals surface area contributed by atoms with Crippen LogP contribution in [0.4, 0.5) is 5.69 Å². The molecular formula is C30H27N3O3. The van der Waals surface area contributed by atoms with E-state index in [2.05, 4.69) is 16.0 Å². The molecule has 1 saturated heterocycles. The molecule has 2 heterocycles. The van der Waals surface area contributed by atoms with Crippen molar-refractivity contribution < 1.29 is 14.6 Å². The Morgan fingerprint density at radius 2 is 1.47 bits per heavy atom. The second-order valence-electron chi connectivity index (χ2n) is 8.85. The van der Waals surface area contributed by atoms with E-state index in [1.54, 1.807) is 0 Å². The molecule has 0 saturated carbocycles. The maximum atomic E-state index is 9.94. The molecule has 0 radical (unpaired) electrons. The first-order valence-corrected chi connectivity index (χ1v) is 12.0. The fourth-order valence-electron chi connectivity index (χ4n) is 4.23. The van der Waals surface area contributed by atoms with Gasteiger partial charge >= 0.3 is 0 Å². The highest BCUT2D eigenvalue weighted by Crippen LogP contribution is 2.36. The van der Waals surface area contributed by atoms with Gasteiger partial charge in [-0.15, -0.1) is 0 Å². The summed E-state index contributed by atoms with van der Waals surface area (Å²) < 4.78 is 12.1. The SMILES string of the molecule is N#Cc1cc(N2CC(CO)C2)ccc1-c1ccc(OCc2ccccc2)nc1OCc1ccccc1. The standard InChI is InChI=1S/C30H27N3O3/c31-16-25-15-26(33-17-24(18-33)19-34)11-12-27(25)28-13-14-29(35-20-22-7-3-1-4-8-22)32-30(28)36-21-23-9-5-2-6-10-23/h1-15,24,34H,17-21H2. The van der Waals surface area contributed by atoms with Crippen molar-refractivity contribution in [2.75, 3.05) is 24.6 Å². The number of anilines is 1. The van der Waals surface area contributed by atoms with Crippen molar-refractivity contribution in [3.8, 4) is 29.0 Å². The molecule has 1 aliphatic heterocycles. The zero-order valence-electron chi connectivity index (χ0n) is 19.9. The first kappa shape index (κ1) is 23.4. The first-order chi connectivity index (χ1) is 17.7. The van der Waals surface area contributed by atoms with Crippen LogP contribution in [-0.2, 0) is 13.2 Å². The molecule has 180 valence electrons. The summed E-state index contributed by atoms with van der Waals surface area (Å²) in [6.07, 6.45) is 0. The number of ether oxygens (including phenoxy) is 2. The predicted octanol–water partition coefficient (Wildman–Crippen LogP) is 5.21. The zero-order chi connectivity index (χ0) is 24.7. The average Bonchev–Trinajstić information content (AvgIpc) is 2.91. The lowest BCUT2D eigenvalue weighted by molar-refractivity contribution is 0.201. The predicted molar refractivity (Wildman–Crippen MR) is 139 cm³/mol. The quantitative estimate of drug-likeness (QED) is 0.357. The summed E-state index contributed by atoms with van der Waals surface area (Å²) in [6.45, 7) is 2.52. The molecule has 0 spiro atoms. The summed E-state index contributed by atoms with van der Waals surface area (Å²) in [7, 11) is 0. The lowest BCUT2D eigenvalue weighted by Gasteiger charge is -2.40. The number of nitrogens with zero attached hydrogens (tertiary/aromatic N) is 3. The Morgan fingerprint density at radius 1 is 0.833 bits per heavy atom. The van der Waals surface area contributed by atoms with Crippen molar-refractivity contribution in [1.82, 2.24) is 4.98 Å². The molecule has 0 bridgehead atoms. The normalized spacial score (nSPS) is 13.1. The van der Waals surface area contributed by atoms with Crippen molar-refractivity contribution in [3.05, 3.63) is 108 Å². The largest absolute Gasteiger partial charge is 0.473 e. The maximum Gasteiger partial charge on any atom is 0.225 e. The first-order valence-electron chi connectivity index (χ1n) is 12.0. The van der Waals surface area contributed by atoms with Crippen LogP contribution in [0.25, 0.3) is 11.1 Å². The number of rotatable bonds is 9. The van der Waals surface area contributed by atoms with Gasteiger partial charge in [-0.3, -0.25) is 0 Å². The topological polar surface area (TPSA) is 78.6 Å². The van der Waals surface area contributed by atoms with Crippen LogP contribution in [0.1, 0.15) is 16.7 Å². The molecule has 3 aromatic carbocycles. The van der Waals surface area contributed by atoms with E-state index in [-0.39, 0.29) is 6.61 Å². The van der Waals surface area contributed by atoms with E-state index in [0.29, 0.717) is 36.5 Å². The number of aliphatic hydroxyl groups excluding tert-OH is 1. The van der Waals surface area contributed by atoms with Gasteiger partial charge in [0.05, 0.1) is 11.6 Å². The fraction of sp³-hybridized carbons (Fsp3) is 0.200. The molecule has 6 nitrogen and oxygen atoms in total. The summed E-state index contributed by atoms with van der Waals surface area (Å²) >= 11 is 0.